The van der Waals surface area contributed by atoms with Gasteiger partial charge in [-0.25, -0.2) is 12.7 Å². The third-order valence-electron chi connectivity index (χ3n) is 4.45. The van der Waals surface area contributed by atoms with Crippen molar-refractivity contribution in [3.63, 3.8) is 0 Å². The first-order valence-electron chi connectivity index (χ1n) is 8.68. The minimum absolute atomic E-state index is 0.0539. The van der Waals surface area contributed by atoms with Gasteiger partial charge < -0.3 is 5.32 Å². The van der Waals surface area contributed by atoms with Crippen LogP contribution in [0.25, 0.3) is 0 Å². The number of benzene rings is 2. The lowest BCUT2D eigenvalue weighted by Crippen LogP contribution is -2.36. The highest BCUT2D eigenvalue weighted by molar-refractivity contribution is 7.88. The number of hydrogen-bond acceptors (Lipinski definition) is 3. The molecule has 1 amide bonds. The highest BCUT2D eigenvalue weighted by Gasteiger charge is 2.24. The highest BCUT2D eigenvalue weighted by atomic mass is 35.5. The largest absolute Gasteiger partial charge is 0.322 e. The number of halogens is 2. The molecular formula is C19H20Cl2N2O3S. The van der Waals surface area contributed by atoms with Gasteiger partial charge in [-0.05, 0) is 48.7 Å². The molecule has 5 nitrogen and oxygen atoms in total. The van der Waals surface area contributed by atoms with E-state index in [1.54, 1.807) is 46.8 Å². The first-order valence-corrected chi connectivity index (χ1v) is 11.0. The van der Waals surface area contributed by atoms with Crippen LogP contribution >= 0.6 is 23.2 Å². The fourth-order valence-corrected chi connectivity index (χ4v) is 4.88. The van der Waals surface area contributed by atoms with Crippen LogP contribution in [0.2, 0.25) is 10.0 Å². The average molecular weight is 427 g/mol. The van der Waals surface area contributed by atoms with E-state index < -0.39 is 10.0 Å². The van der Waals surface area contributed by atoms with Crippen LogP contribution in [-0.2, 0) is 15.8 Å². The second-order valence-electron chi connectivity index (χ2n) is 6.50. The van der Waals surface area contributed by atoms with E-state index in [0.29, 0.717) is 39.9 Å². The Morgan fingerprint density at radius 3 is 2.26 bits per heavy atom. The zero-order chi connectivity index (χ0) is 19.4. The van der Waals surface area contributed by atoms with E-state index in [0.717, 1.165) is 19.3 Å². The second-order valence-corrected chi connectivity index (χ2v) is 9.28. The van der Waals surface area contributed by atoms with Gasteiger partial charge in [0.15, 0.2) is 0 Å². The van der Waals surface area contributed by atoms with Crippen LogP contribution < -0.4 is 5.32 Å². The van der Waals surface area contributed by atoms with E-state index in [4.69, 9.17) is 23.2 Å². The topological polar surface area (TPSA) is 66.5 Å². The number of nitrogens with one attached hydrogen (secondary N) is 1. The smallest absolute Gasteiger partial charge is 0.255 e. The number of carbonyl (C=O) groups excluding carboxylic acids is 1. The Hall–Kier alpha value is -1.60. The Morgan fingerprint density at radius 2 is 1.63 bits per heavy atom. The van der Waals surface area contributed by atoms with Gasteiger partial charge >= 0.3 is 0 Å². The lowest BCUT2D eigenvalue weighted by atomic mass is 10.1. The molecule has 2 aromatic rings. The summed E-state index contributed by atoms with van der Waals surface area (Å²) in [6.45, 7) is 1.18. The highest BCUT2D eigenvalue weighted by Crippen LogP contribution is 2.25. The van der Waals surface area contributed by atoms with Crippen LogP contribution in [0.15, 0.2) is 42.5 Å². The van der Waals surface area contributed by atoms with E-state index in [-0.39, 0.29) is 11.7 Å². The quantitative estimate of drug-likeness (QED) is 0.761. The normalized spacial score (nSPS) is 15.5. The molecule has 27 heavy (non-hydrogen) atoms. The summed E-state index contributed by atoms with van der Waals surface area (Å²) in [4.78, 5) is 12.3. The molecule has 0 unspecified atom stereocenters. The van der Waals surface area contributed by atoms with Crippen LogP contribution in [0.4, 0.5) is 5.69 Å². The number of nitrogens with zero attached hydrogens (tertiary/aromatic N) is 1. The van der Waals surface area contributed by atoms with E-state index >= 15 is 0 Å². The molecule has 0 atom stereocenters. The van der Waals surface area contributed by atoms with Crippen molar-refractivity contribution in [2.75, 3.05) is 18.4 Å². The van der Waals surface area contributed by atoms with Gasteiger partial charge in [0.2, 0.25) is 10.0 Å². The van der Waals surface area contributed by atoms with Crippen LogP contribution in [0.5, 0.6) is 0 Å². The standard InChI is InChI=1S/C19H20Cl2N2O3S/c20-17-9-8-16(12-18(17)21)22-19(24)15-6-4-14(5-7-15)13-27(25,26)23-10-2-1-3-11-23/h4-9,12H,1-3,10-11,13H2,(H,22,24). The fraction of sp³-hybridized carbons (Fsp3) is 0.316. The monoisotopic (exact) mass is 426 g/mol. The number of hydrogen-bond donors (Lipinski definition) is 1. The molecule has 0 aliphatic carbocycles. The first kappa shape index (κ1) is 20.1. The molecule has 1 saturated heterocycles. The average Bonchev–Trinajstić information content (AvgIpc) is 2.66. The molecule has 0 aromatic heterocycles. The maximum atomic E-state index is 12.5. The zero-order valence-electron chi connectivity index (χ0n) is 14.6. The van der Waals surface area contributed by atoms with E-state index in [2.05, 4.69) is 5.32 Å². The lowest BCUT2D eigenvalue weighted by molar-refractivity contribution is 0.102. The second kappa shape index (κ2) is 8.61. The molecule has 3 rings (SSSR count). The summed E-state index contributed by atoms with van der Waals surface area (Å²) < 4.78 is 26.6. The first-order chi connectivity index (χ1) is 12.8. The van der Waals surface area contributed by atoms with E-state index in [1.807, 2.05) is 0 Å². The Bertz CT molecular complexity index is 924. The van der Waals surface area contributed by atoms with Gasteiger partial charge in [-0.15, -0.1) is 0 Å². The van der Waals surface area contributed by atoms with Gasteiger partial charge in [0, 0.05) is 24.3 Å². The van der Waals surface area contributed by atoms with Crippen molar-refractivity contribution < 1.29 is 13.2 Å². The molecule has 0 radical (unpaired) electrons. The predicted molar refractivity (Wildman–Crippen MR) is 109 cm³/mol. The van der Waals surface area contributed by atoms with Crippen molar-refractivity contribution in [3.8, 4) is 0 Å². The summed E-state index contributed by atoms with van der Waals surface area (Å²) in [7, 11) is -3.32. The van der Waals surface area contributed by atoms with E-state index in [1.165, 1.54) is 0 Å². The molecule has 1 fully saturated rings. The molecule has 144 valence electrons. The van der Waals surface area contributed by atoms with Crippen molar-refractivity contribution in [1.82, 2.24) is 4.31 Å². The predicted octanol–water partition coefficient (Wildman–Crippen LogP) is 4.56. The van der Waals surface area contributed by atoms with Gasteiger partial charge in [-0.1, -0.05) is 41.8 Å². The Kier molecular flexibility index (Phi) is 6.42. The van der Waals surface area contributed by atoms with E-state index in [9.17, 15) is 13.2 Å². The lowest BCUT2D eigenvalue weighted by Gasteiger charge is -2.25. The molecule has 1 aliphatic rings. The molecular weight excluding hydrogens is 407 g/mol. The number of carbonyl (C=O) groups is 1. The number of anilines is 1. The van der Waals surface area contributed by atoms with Crippen LogP contribution in [0.1, 0.15) is 35.2 Å². The number of sulfonamides is 1. The molecule has 2 aromatic carbocycles. The number of piperidine rings is 1. The summed E-state index contributed by atoms with van der Waals surface area (Å²) in [6.07, 6.45) is 2.90. The molecule has 0 saturated carbocycles. The summed E-state index contributed by atoms with van der Waals surface area (Å²) in [6, 6.07) is 11.4. The molecule has 0 spiro atoms. The van der Waals surface area contributed by atoms with Crippen LogP contribution in [0.3, 0.4) is 0 Å². The van der Waals surface area contributed by atoms with Crippen molar-refractivity contribution in [3.05, 3.63) is 63.6 Å². The third-order valence-corrected chi connectivity index (χ3v) is 7.04. The fourth-order valence-electron chi connectivity index (χ4n) is 2.97. The third kappa shape index (κ3) is 5.23. The number of rotatable bonds is 5. The summed E-state index contributed by atoms with van der Waals surface area (Å²) in [5.74, 6) is -0.361. The molecule has 1 heterocycles. The Balaban J connectivity index is 1.65. The van der Waals surface area contributed by atoms with Gasteiger partial charge in [-0.3, -0.25) is 4.79 Å². The van der Waals surface area contributed by atoms with Crippen molar-refractivity contribution in [1.29, 1.82) is 0 Å². The molecule has 1 aliphatic heterocycles. The maximum absolute atomic E-state index is 12.5. The summed E-state index contributed by atoms with van der Waals surface area (Å²) >= 11 is 11.8. The maximum Gasteiger partial charge on any atom is 0.255 e. The Morgan fingerprint density at radius 1 is 0.963 bits per heavy atom. The minimum atomic E-state index is -3.32. The minimum Gasteiger partial charge on any atom is -0.322 e. The SMILES string of the molecule is O=C(Nc1ccc(Cl)c(Cl)c1)c1ccc(CS(=O)(=O)N2CCCCC2)cc1. The number of amides is 1. The molecule has 1 N–H and O–H groups in total. The molecule has 8 heteroatoms. The van der Waals surface area contributed by atoms with Gasteiger partial charge in [0.25, 0.3) is 5.91 Å². The van der Waals surface area contributed by atoms with Crippen molar-refractivity contribution >= 4 is 44.8 Å². The van der Waals surface area contributed by atoms with Gasteiger partial charge in [0.05, 0.1) is 15.8 Å². The summed E-state index contributed by atoms with van der Waals surface area (Å²) in [5, 5.41) is 3.50. The molecule has 0 bridgehead atoms. The van der Waals surface area contributed by atoms with Crippen LogP contribution in [-0.4, -0.2) is 31.7 Å². The Labute approximate surface area is 169 Å². The summed E-state index contributed by atoms with van der Waals surface area (Å²) in [5.41, 5.74) is 1.62. The van der Waals surface area contributed by atoms with Crippen molar-refractivity contribution in [2.24, 2.45) is 0 Å². The van der Waals surface area contributed by atoms with Gasteiger partial charge in [0.1, 0.15) is 0 Å². The van der Waals surface area contributed by atoms with Crippen LogP contribution in [0, 0.1) is 0 Å². The zero-order valence-corrected chi connectivity index (χ0v) is 16.9. The van der Waals surface area contributed by atoms with Crippen molar-refractivity contribution in [2.45, 2.75) is 25.0 Å². The van der Waals surface area contributed by atoms with Gasteiger partial charge in [-0.2, -0.15) is 0 Å².